The Morgan fingerprint density at radius 1 is 1.19 bits per heavy atom. The quantitative estimate of drug-likeness (QED) is 0.710. The molecule has 1 amide bonds. The Labute approximate surface area is 158 Å². The molecule has 0 spiro atoms. The van der Waals surface area contributed by atoms with Crippen LogP contribution in [0.15, 0.2) is 35.7 Å². The van der Waals surface area contributed by atoms with E-state index in [1.807, 2.05) is 26.0 Å². The average molecular weight is 368 g/mol. The highest BCUT2D eigenvalue weighted by atomic mass is 32.1. The van der Waals surface area contributed by atoms with Crippen LogP contribution in [0.2, 0.25) is 0 Å². The highest BCUT2D eigenvalue weighted by molar-refractivity contribution is 7.09. The predicted octanol–water partition coefficient (Wildman–Crippen LogP) is 4.20. The van der Waals surface area contributed by atoms with Crippen molar-refractivity contribution < 1.29 is 4.79 Å². The van der Waals surface area contributed by atoms with E-state index in [2.05, 4.69) is 52.3 Å². The molecule has 5 heteroatoms. The van der Waals surface area contributed by atoms with E-state index >= 15 is 0 Å². The number of carbonyl (C=O) groups excluding carboxylic acids is 1. The largest absolute Gasteiger partial charge is 0.354 e. The molecule has 0 unspecified atom stereocenters. The zero-order chi connectivity index (χ0) is 18.7. The number of hydrogen-bond acceptors (Lipinski definition) is 3. The van der Waals surface area contributed by atoms with E-state index in [0.717, 1.165) is 34.1 Å². The van der Waals surface area contributed by atoms with E-state index in [0.29, 0.717) is 13.1 Å². The lowest BCUT2D eigenvalue weighted by molar-refractivity contribution is -0.121. The maximum absolute atomic E-state index is 12.4. The van der Waals surface area contributed by atoms with Gasteiger partial charge in [-0.15, -0.1) is 11.3 Å². The lowest BCUT2D eigenvalue weighted by Crippen LogP contribution is -2.30. The first-order chi connectivity index (χ1) is 12.5. The van der Waals surface area contributed by atoms with Gasteiger partial charge in [0.1, 0.15) is 6.54 Å². The molecular formula is C21H25N3OS. The van der Waals surface area contributed by atoms with Gasteiger partial charge in [0, 0.05) is 28.9 Å². The standard InChI is InChI=1S/C21H25N3OS/c1-14-7-5-6-8-18(14)9-10-22-21(25)12-24-15(2)11-19(16(24)3)20-13-26-17(4)23-20/h5-8,11,13H,9-10,12H2,1-4H3,(H,22,25). The number of hydrogen-bond donors (Lipinski definition) is 1. The van der Waals surface area contributed by atoms with Crippen LogP contribution >= 0.6 is 11.3 Å². The Balaban J connectivity index is 1.63. The number of aromatic nitrogens is 2. The summed E-state index contributed by atoms with van der Waals surface area (Å²) in [7, 11) is 0. The molecule has 0 aliphatic carbocycles. The molecule has 1 aromatic carbocycles. The van der Waals surface area contributed by atoms with Crippen LogP contribution < -0.4 is 5.32 Å². The number of amides is 1. The van der Waals surface area contributed by atoms with Crippen LogP contribution in [-0.4, -0.2) is 22.0 Å². The minimum Gasteiger partial charge on any atom is -0.354 e. The summed E-state index contributed by atoms with van der Waals surface area (Å²) in [6, 6.07) is 10.4. The van der Waals surface area contributed by atoms with E-state index in [1.165, 1.54) is 11.1 Å². The van der Waals surface area contributed by atoms with Gasteiger partial charge in [0.25, 0.3) is 0 Å². The summed E-state index contributed by atoms with van der Waals surface area (Å²) < 4.78 is 2.06. The minimum absolute atomic E-state index is 0.0430. The summed E-state index contributed by atoms with van der Waals surface area (Å²) in [5.74, 6) is 0.0430. The Morgan fingerprint density at radius 2 is 1.96 bits per heavy atom. The zero-order valence-electron chi connectivity index (χ0n) is 15.8. The van der Waals surface area contributed by atoms with Gasteiger partial charge in [-0.1, -0.05) is 24.3 Å². The molecule has 2 heterocycles. The Kier molecular flexibility index (Phi) is 5.57. The third-order valence-electron chi connectivity index (χ3n) is 4.75. The monoisotopic (exact) mass is 367 g/mol. The van der Waals surface area contributed by atoms with Gasteiger partial charge in [0.05, 0.1) is 10.7 Å². The molecular weight excluding hydrogens is 342 g/mol. The average Bonchev–Trinajstić information content (AvgIpc) is 3.15. The molecule has 0 aliphatic heterocycles. The van der Waals surface area contributed by atoms with Crippen molar-refractivity contribution in [1.82, 2.24) is 14.9 Å². The van der Waals surface area contributed by atoms with E-state index in [-0.39, 0.29) is 5.91 Å². The fourth-order valence-electron chi connectivity index (χ4n) is 3.22. The molecule has 0 saturated carbocycles. The summed E-state index contributed by atoms with van der Waals surface area (Å²) >= 11 is 1.65. The molecule has 4 nitrogen and oxygen atoms in total. The molecule has 0 fully saturated rings. The summed E-state index contributed by atoms with van der Waals surface area (Å²) in [6.45, 7) is 9.20. The number of aryl methyl sites for hydroxylation is 3. The number of nitrogens with one attached hydrogen (secondary N) is 1. The first-order valence-electron chi connectivity index (χ1n) is 8.86. The van der Waals surface area contributed by atoms with Crippen molar-refractivity contribution in [3.63, 3.8) is 0 Å². The van der Waals surface area contributed by atoms with E-state index in [4.69, 9.17) is 0 Å². The van der Waals surface area contributed by atoms with E-state index in [9.17, 15) is 4.79 Å². The second-order valence-electron chi connectivity index (χ2n) is 6.65. The normalized spacial score (nSPS) is 10.9. The summed E-state index contributed by atoms with van der Waals surface area (Å²) in [4.78, 5) is 17.0. The summed E-state index contributed by atoms with van der Waals surface area (Å²) in [6.07, 6.45) is 0.853. The molecule has 3 rings (SSSR count). The van der Waals surface area contributed by atoms with Crippen LogP contribution in [0.4, 0.5) is 0 Å². The SMILES string of the molecule is Cc1nc(-c2cc(C)n(CC(=O)NCCc3ccccc3C)c2C)cs1. The van der Waals surface area contributed by atoms with Gasteiger partial charge in [-0.25, -0.2) is 4.98 Å². The number of rotatable bonds is 6. The third-order valence-corrected chi connectivity index (χ3v) is 5.52. The fraction of sp³-hybridized carbons (Fsp3) is 0.333. The fourth-order valence-corrected chi connectivity index (χ4v) is 3.83. The van der Waals surface area contributed by atoms with Crippen molar-refractivity contribution in [2.45, 2.75) is 40.7 Å². The third kappa shape index (κ3) is 4.05. The van der Waals surface area contributed by atoms with Gasteiger partial charge >= 0.3 is 0 Å². The summed E-state index contributed by atoms with van der Waals surface area (Å²) in [5.41, 5.74) is 6.81. The summed E-state index contributed by atoms with van der Waals surface area (Å²) in [5, 5.41) is 6.17. The van der Waals surface area contributed by atoms with Gasteiger partial charge in [0.15, 0.2) is 0 Å². The highest BCUT2D eigenvalue weighted by Gasteiger charge is 2.15. The number of thiazole rings is 1. The second kappa shape index (κ2) is 7.87. The lowest BCUT2D eigenvalue weighted by Gasteiger charge is -2.11. The van der Waals surface area contributed by atoms with Crippen molar-refractivity contribution in [3.05, 3.63) is 63.2 Å². The van der Waals surface area contributed by atoms with Gasteiger partial charge < -0.3 is 9.88 Å². The predicted molar refractivity (Wildman–Crippen MR) is 108 cm³/mol. The first kappa shape index (κ1) is 18.4. The zero-order valence-corrected chi connectivity index (χ0v) is 16.6. The molecule has 1 N–H and O–H groups in total. The topological polar surface area (TPSA) is 46.9 Å². The van der Waals surface area contributed by atoms with E-state index in [1.54, 1.807) is 11.3 Å². The van der Waals surface area contributed by atoms with Crippen LogP contribution in [0.25, 0.3) is 11.3 Å². The smallest absolute Gasteiger partial charge is 0.239 e. The van der Waals surface area contributed by atoms with Crippen molar-refractivity contribution in [3.8, 4) is 11.3 Å². The van der Waals surface area contributed by atoms with E-state index < -0.39 is 0 Å². The molecule has 136 valence electrons. The van der Waals surface area contributed by atoms with Crippen molar-refractivity contribution in [1.29, 1.82) is 0 Å². The minimum atomic E-state index is 0.0430. The van der Waals surface area contributed by atoms with Crippen molar-refractivity contribution >= 4 is 17.2 Å². The van der Waals surface area contributed by atoms with Gasteiger partial charge in [-0.05, 0) is 51.3 Å². The molecule has 0 atom stereocenters. The number of benzene rings is 1. The van der Waals surface area contributed by atoms with Crippen LogP contribution in [-0.2, 0) is 17.8 Å². The van der Waals surface area contributed by atoms with Crippen LogP contribution in [0.3, 0.4) is 0 Å². The lowest BCUT2D eigenvalue weighted by atomic mass is 10.1. The molecule has 0 radical (unpaired) electrons. The Bertz CT molecular complexity index is 923. The van der Waals surface area contributed by atoms with Crippen molar-refractivity contribution in [2.75, 3.05) is 6.54 Å². The Hall–Kier alpha value is -2.40. The molecule has 0 aliphatic rings. The highest BCUT2D eigenvalue weighted by Crippen LogP contribution is 2.27. The number of carbonyl (C=O) groups is 1. The van der Waals surface area contributed by atoms with Crippen LogP contribution in [0.1, 0.15) is 27.5 Å². The molecule has 2 aromatic heterocycles. The number of nitrogens with zero attached hydrogens (tertiary/aromatic N) is 2. The second-order valence-corrected chi connectivity index (χ2v) is 7.71. The maximum Gasteiger partial charge on any atom is 0.239 e. The molecule has 26 heavy (non-hydrogen) atoms. The molecule has 0 saturated heterocycles. The van der Waals surface area contributed by atoms with Gasteiger partial charge in [-0.3, -0.25) is 4.79 Å². The van der Waals surface area contributed by atoms with Gasteiger partial charge in [0.2, 0.25) is 5.91 Å². The van der Waals surface area contributed by atoms with Crippen LogP contribution in [0.5, 0.6) is 0 Å². The Morgan fingerprint density at radius 3 is 2.65 bits per heavy atom. The molecule has 0 bridgehead atoms. The maximum atomic E-state index is 12.4. The van der Waals surface area contributed by atoms with Gasteiger partial charge in [-0.2, -0.15) is 0 Å². The first-order valence-corrected chi connectivity index (χ1v) is 9.74. The molecule has 3 aromatic rings. The van der Waals surface area contributed by atoms with Crippen LogP contribution in [0, 0.1) is 27.7 Å². The van der Waals surface area contributed by atoms with Crippen molar-refractivity contribution in [2.24, 2.45) is 0 Å².